The predicted molar refractivity (Wildman–Crippen MR) is 103 cm³/mol. The zero-order chi connectivity index (χ0) is 20.6. The molecular formula is C21H21N3O5. The van der Waals surface area contributed by atoms with Crippen molar-refractivity contribution in [1.29, 1.82) is 0 Å². The molecule has 29 heavy (non-hydrogen) atoms. The summed E-state index contributed by atoms with van der Waals surface area (Å²) in [7, 11) is 0. The second-order valence-corrected chi connectivity index (χ2v) is 7.33. The number of phenols is 2. The molecule has 0 radical (unpaired) electrons. The molecule has 2 fully saturated rings. The zero-order valence-electron chi connectivity index (χ0n) is 15.7. The molecule has 2 saturated heterocycles. The molecular weight excluding hydrogens is 374 g/mol. The van der Waals surface area contributed by atoms with Crippen LogP contribution in [0.15, 0.2) is 48.5 Å². The number of hydrogen-bond donors (Lipinski definition) is 3. The van der Waals surface area contributed by atoms with E-state index in [1.54, 1.807) is 4.90 Å². The summed E-state index contributed by atoms with van der Waals surface area (Å²) in [6.07, 6.45) is 0.551. The molecule has 0 aliphatic carbocycles. The van der Waals surface area contributed by atoms with Gasteiger partial charge < -0.3 is 20.0 Å². The van der Waals surface area contributed by atoms with Crippen LogP contribution in [0.3, 0.4) is 0 Å². The minimum Gasteiger partial charge on any atom is -0.507 e. The van der Waals surface area contributed by atoms with Gasteiger partial charge in [0.2, 0.25) is 0 Å². The number of amides is 4. The fraction of sp³-hybridized carbons (Fsp3) is 0.286. The van der Waals surface area contributed by atoms with Crippen molar-refractivity contribution >= 4 is 17.8 Å². The minimum absolute atomic E-state index is 0.156. The number of benzene rings is 2. The number of carbonyl (C=O) groups is 3. The summed E-state index contributed by atoms with van der Waals surface area (Å²) in [5.41, 5.74) is -0.254. The van der Waals surface area contributed by atoms with Crippen molar-refractivity contribution in [2.45, 2.75) is 24.9 Å². The third-order valence-corrected chi connectivity index (χ3v) is 5.70. The molecule has 0 unspecified atom stereocenters. The third kappa shape index (κ3) is 3.16. The van der Waals surface area contributed by atoms with Crippen LogP contribution in [0.2, 0.25) is 0 Å². The van der Waals surface area contributed by atoms with Crippen LogP contribution in [0.5, 0.6) is 11.5 Å². The highest BCUT2D eigenvalue weighted by Crippen LogP contribution is 2.36. The molecule has 0 saturated carbocycles. The second-order valence-electron chi connectivity index (χ2n) is 7.33. The summed E-state index contributed by atoms with van der Waals surface area (Å²) in [6, 6.07) is 13.1. The summed E-state index contributed by atoms with van der Waals surface area (Å²) in [5, 5.41) is 22.3. The van der Waals surface area contributed by atoms with Gasteiger partial charge in [0.05, 0.1) is 0 Å². The van der Waals surface area contributed by atoms with Crippen molar-refractivity contribution in [3.8, 4) is 11.5 Å². The molecule has 4 amide bonds. The van der Waals surface area contributed by atoms with Gasteiger partial charge in [0.1, 0.15) is 22.6 Å². The Kier molecular flexibility index (Phi) is 4.62. The number of nitrogens with zero attached hydrogens (tertiary/aromatic N) is 2. The molecule has 2 heterocycles. The first-order valence-electron chi connectivity index (χ1n) is 9.39. The first kappa shape index (κ1) is 18.8. The Morgan fingerprint density at radius 1 is 0.966 bits per heavy atom. The van der Waals surface area contributed by atoms with Crippen LogP contribution in [0, 0.1) is 0 Å². The van der Waals surface area contributed by atoms with Crippen molar-refractivity contribution in [2.75, 3.05) is 13.1 Å². The lowest BCUT2D eigenvalue weighted by atomic mass is 9.85. The third-order valence-electron chi connectivity index (χ3n) is 5.70. The first-order valence-corrected chi connectivity index (χ1v) is 9.39. The van der Waals surface area contributed by atoms with Gasteiger partial charge in [-0.1, -0.05) is 36.4 Å². The summed E-state index contributed by atoms with van der Waals surface area (Å²) >= 11 is 0. The smallest absolute Gasteiger partial charge is 0.325 e. The SMILES string of the molecule is O=C(c1c(O)cccc1O)N1CCC2(CC1)C(=O)NC(=O)N2Cc1ccccc1. The molecule has 0 bridgehead atoms. The van der Waals surface area contributed by atoms with Gasteiger partial charge in [0, 0.05) is 19.6 Å². The number of carbonyl (C=O) groups excluding carboxylic acids is 3. The Hall–Kier alpha value is -3.55. The lowest BCUT2D eigenvalue weighted by Gasteiger charge is -2.42. The van der Waals surface area contributed by atoms with E-state index in [9.17, 15) is 24.6 Å². The fourth-order valence-corrected chi connectivity index (χ4v) is 4.07. The largest absolute Gasteiger partial charge is 0.507 e. The van der Waals surface area contributed by atoms with E-state index >= 15 is 0 Å². The van der Waals surface area contributed by atoms with Crippen LogP contribution in [0.4, 0.5) is 4.79 Å². The van der Waals surface area contributed by atoms with Gasteiger partial charge in [0.15, 0.2) is 0 Å². The van der Waals surface area contributed by atoms with Gasteiger partial charge in [-0.3, -0.25) is 14.9 Å². The van der Waals surface area contributed by atoms with E-state index in [0.717, 1.165) is 5.56 Å². The van der Waals surface area contributed by atoms with E-state index in [4.69, 9.17) is 0 Å². The quantitative estimate of drug-likeness (QED) is 0.687. The molecule has 0 atom stereocenters. The van der Waals surface area contributed by atoms with Gasteiger partial charge in [0.25, 0.3) is 11.8 Å². The monoisotopic (exact) mass is 395 g/mol. The van der Waals surface area contributed by atoms with Crippen LogP contribution < -0.4 is 5.32 Å². The molecule has 8 nitrogen and oxygen atoms in total. The number of imide groups is 1. The molecule has 2 aromatic carbocycles. The molecule has 4 rings (SSSR count). The van der Waals surface area contributed by atoms with E-state index in [1.807, 2.05) is 30.3 Å². The van der Waals surface area contributed by atoms with E-state index in [1.165, 1.54) is 23.1 Å². The maximum Gasteiger partial charge on any atom is 0.325 e. The van der Waals surface area contributed by atoms with Crippen LogP contribution in [0.25, 0.3) is 0 Å². The minimum atomic E-state index is -1.01. The van der Waals surface area contributed by atoms with Crippen molar-refractivity contribution in [3.05, 3.63) is 59.7 Å². The van der Waals surface area contributed by atoms with Gasteiger partial charge >= 0.3 is 6.03 Å². The lowest BCUT2D eigenvalue weighted by molar-refractivity contribution is -0.129. The molecule has 150 valence electrons. The molecule has 2 aliphatic rings. The number of phenolic OH excluding ortho intramolecular Hbond substituents is 2. The molecule has 0 aromatic heterocycles. The number of hydrogen-bond acceptors (Lipinski definition) is 5. The highest BCUT2D eigenvalue weighted by atomic mass is 16.3. The predicted octanol–water partition coefficient (Wildman–Crippen LogP) is 1.82. The maximum atomic E-state index is 12.8. The fourth-order valence-electron chi connectivity index (χ4n) is 4.07. The Morgan fingerprint density at radius 2 is 1.59 bits per heavy atom. The summed E-state index contributed by atoms with van der Waals surface area (Å²) in [4.78, 5) is 40.9. The van der Waals surface area contributed by atoms with E-state index < -0.39 is 17.5 Å². The van der Waals surface area contributed by atoms with Crippen LogP contribution in [-0.2, 0) is 11.3 Å². The Labute approximate surface area is 167 Å². The standard InChI is InChI=1S/C21H21N3O5/c25-15-7-4-8-16(26)17(15)18(27)23-11-9-21(10-12-23)19(28)22-20(29)24(21)13-14-5-2-1-3-6-14/h1-8,25-26H,9-13H2,(H,22,28,29). The Bertz CT molecular complexity index is 947. The first-order chi connectivity index (χ1) is 13.9. The Morgan fingerprint density at radius 3 is 2.21 bits per heavy atom. The van der Waals surface area contributed by atoms with Gasteiger partial charge in [-0.05, 0) is 30.5 Å². The van der Waals surface area contributed by atoms with Crippen LogP contribution in [0.1, 0.15) is 28.8 Å². The normalized spacial score (nSPS) is 18.2. The number of piperidine rings is 1. The number of likely N-dealkylation sites (tertiary alicyclic amines) is 1. The molecule has 2 aliphatic heterocycles. The second kappa shape index (κ2) is 7.12. The molecule has 8 heteroatoms. The zero-order valence-corrected chi connectivity index (χ0v) is 15.7. The average molecular weight is 395 g/mol. The average Bonchev–Trinajstić information content (AvgIpc) is 2.93. The van der Waals surface area contributed by atoms with Gasteiger partial charge in [-0.2, -0.15) is 0 Å². The van der Waals surface area contributed by atoms with Gasteiger partial charge in [-0.25, -0.2) is 4.79 Å². The molecule has 3 N–H and O–H groups in total. The molecule has 2 aromatic rings. The topological polar surface area (TPSA) is 110 Å². The van der Waals surface area contributed by atoms with Crippen LogP contribution in [-0.4, -0.2) is 56.5 Å². The summed E-state index contributed by atoms with van der Waals surface area (Å²) in [6.45, 7) is 0.740. The summed E-state index contributed by atoms with van der Waals surface area (Å²) in [5.74, 6) is -1.45. The van der Waals surface area contributed by atoms with E-state index in [2.05, 4.69) is 5.32 Å². The van der Waals surface area contributed by atoms with Crippen LogP contribution >= 0.6 is 0 Å². The lowest BCUT2D eigenvalue weighted by Crippen LogP contribution is -2.57. The van der Waals surface area contributed by atoms with Crippen molar-refractivity contribution in [3.63, 3.8) is 0 Å². The molecule has 1 spiro atoms. The summed E-state index contributed by atoms with van der Waals surface area (Å²) < 4.78 is 0. The number of aromatic hydroxyl groups is 2. The number of rotatable bonds is 3. The van der Waals surface area contributed by atoms with E-state index in [-0.39, 0.29) is 48.9 Å². The highest BCUT2D eigenvalue weighted by Gasteiger charge is 2.54. The Balaban J connectivity index is 1.54. The number of urea groups is 1. The van der Waals surface area contributed by atoms with Crippen molar-refractivity contribution < 1.29 is 24.6 Å². The van der Waals surface area contributed by atoms with Gasteiger partial charge in [-0.15, -0.1) is 0 Å². The maximum absolute atomic E-state index is 12.8. The number of nitrogens with one attached hydrogen (secondary N) is 1. The van der Waals surface area contributed by atoms with Crippen molar-refractivity contribution in [2.24, 2.45) is 0 Å². The highest BCUT2D eigenvalue weighted by molar-refractivity contribution is 6.07. The van der Waals surface area contributed by atoms with E-state index in [0.29, 0.717) is 6.54 Å². The van der Waals surface area contributed by atoms with Crippen molar-refractivity contribution in [1.82, 2.24) is 15.1 Å².